The lowest BCUT2D eigenvalue weighted by Crippen LogP contribution is -2.19. The summed E-state index contributed by atoms with van der Waals surface area (Å²) in [5.41, 5.74) is 1.73. The Morgan fingerprint density at radius 1 is 1.25 bits per heavy atom. The van der Waals surface area contributed by atoms with Crippen LogP contribution in [0, 0.1) is 13.8 Å². The summed E-state index contributed by atoms with van der Waals surface area (Å²) in [5.74, 6) is 0.876. The van der Waals surface area contributed by atoms with Crippen LogP contribution in [0.25, 0.3) is 5.78 Å². The van der Waals surface area contributed by atoms with Gasteiger partial charge in [-0.3, -0.25) is 4.79 Å². The summed E-state index contributed by atoms with van der Waals surface area (Å²) in [5, 5.41) is 11.5. The van der Waals surface area contributed by atoms with Gasteiger partial charge >= 0.3 is 0 Å². The standard InChI is InChI=1S/C16H19N7O/c1-10-9-11(2)22-16(18-10)20-14(21-22)15(24)19-13-7-8-17-23(13)12-5-3-4-6-12/h7-9,12H,3-6H2,1-2H3,(H,19,24). The number of rotatable bonds is 3. The maximum absolute atomic E-state index is 12.5. The van der Waals surface area contributed by atoms with Crippen LogP contribution in [-0.2, 0) is 0 Å². The minimum absolute atomic E-state index is 0.107. The second-order valence-corrected chi connectivity index (χ2v) is 6.24. The molecule has 1 saturated carbocycles. The highest BCUT2D eigenvalue weighted by Gasteiger charge is 2.22. The Morgan fingerprint density at radius 2 is 2.04 bits per heavy atom. The van der Waals surface area contributed by atoms with Crippen LogP contribution in [0.3, 0.4) is 0 Å². The van der Waals surface area contributed by atoms with Gasteiger partial charge in [-0.1, -0.05) is 12.8 Å². The van der Waals surface area contributed by atoms with Crippen molar-refractivity contribution in [1.29, 1.82) is 0 Å². The zero-order chi connectivity index (χ0) is 16.7. The van der Waals surface area contributed by atoms with E-state index in [1.807, 2.05) is 24.6 Å². The summed E-state index contributed by atoms with van der Waals surface area (Å²) in [6.45, 7) is 3.80. The maximum atomic E-state index is 12.5. The molecule has 0 radical (unpaired) electrons. The van der Waals surface area contributed by atoms with Crippen LogP contribution >= 0.6 is 0 Å². The predicted molar refractivity (Wildman–Crippen MR) is 87.9 cm³/mol. The fourth-order valence-electron chi connectivity index (χ4n) is 3.29. The first-order valence-electron chi connectivity index (χ1n) is 8.18. The van der Waals surface area contributed by atoms with Gasteiger partial charge in [0.1, 0.15) is 5.82 Å². The third-order valence-electron chi connectivity index (χ3n) is 4.40. The Balaban J connectivity index is 1.61. The fourth-order valence-corrected chi connectivity index (χ4v) is 3.29. The minimum Gasteiger partial charge on any atom is -0.304 e. The normalized spacial score (nSPS) is 15.2. The number of carbonyl (C=O) groups is 1. The second kappa shape index (κ2) is 5.70. The van der Waals surface area contributed by atoms with Crippen molar-refractivity contribution in [3.05, 3.63) is 35.5 Å². The van der Waals surface area contributed by atoms with E-state index in [2.05, 4.69) is 25.5 Å². The predicted octanol–water partition coefficient (Wildman–Crippen LogP) is 2.31. The van der Waals surface area contributed by atoms with E-state index in [-0.39, 0.29) is 11.7 Å². The van der Waals surface area contributed by atoms with E-state index in [0.717, 1.165) is 24.2 Å². The molecule has 0 aromatic carbocycles. The Morgan fingerprint density at radius 3 is 2.83 bits per heavy atom. The van der Waals surface area contributed by atoms with Gasteiger partial charge in [0, 0.05) is 17.5 Å². The van der Waals surface area contributed by atoms with Gasteiger partial charge in [-0.2, -0.15) is 10.1 Å². The van der Waals surface area contributed by atoms with E-state index < -0.39 is 0 Å². The van der Waals surface area contributed by atoms with E-state index in [0.29, 0.717) is 17.6 Å². The number of amides is 1. The van der Waals surface area contributed by atoms with Crippen molar-refractivity contribution in [1.82, 2.24) is 29.4 Å². The number of fused-ring (bicyclic) bond motifs is 1. The van der Waals surface area contributed by atoms with Crippen LogP contribution in [0.1, 0.15) is 53.7 Å². The molecule has 0 saturated heterocycles. The highest BCUT2D eigenvalue weighted by Crippen LogP contribution is 2.31. The van der Waals surface area contributed by atoms with E-state index in [4.69, 9.17) is 0 Å². The molecule has 124 valence electrons. The molecule has 1 aliphatic carbocycles. The average molecular weight is 325 g/mol. The highest BCUT2D eigenvalue weighted by atomic mass is 16.2. The zero-order valence-electron chi connectivity index (χ0n) is 13.7. The number of nitrogens with one attached hydrogen (secondary N) is 1. The Kier molecular flexibility index (Phi) is 3.51. The Hall–Kier alpha value is -2.77. The molecule has 1 N–H and O–H groups in total. The summed E-state index contributed by atoms with van der Waals surface area (Å²) in [6, 6.07) is 4.06. The monoisotopic (exact) mass is 325 g/mol. The molecule has 3 aromatic rings. The topological polar surface area (TPSA) is 90.0 Å². The first-order valence-corrected chi connectivity index (χ1v) is 8.18. The molecule has 8 heteroatoms. The highest BCUT2D eigenvalue weighted by molar-refractivity contribution is 6.01. The van der Waals surface area contributed by atoms with Gasteiger partial charge in [0.2, 0.25) is 5.82 Å². The third kappa shape index (κ3) is 2.53. The van der Waals surface area contributed by atoms with Crippen LogP contribution in [-0.4, -0.2) is 35.3 Å². The molecule has 0 spiro atoms. The summed E-state index contributed by atoms with van der Waals surface area (Å²) >= 11 is 0. The maximum Gasteiger partial charge on any atom is 0.296 e. The number of nitrogens with zero attached hydrogens (tertiary/aromatic N) is 6. The van der Waals surface area contributed by atoms with Crippen molar-refractivity contribution in [2.24, 2.45) is 0 Å². The summed E-state index contributed by atoms with van der Waals surface area (Å²) in [6.07, 6.45) is 6.31. The van der Waals surface area contributed by atoms with Gasteiger partial charge in [-0.05, 0) is 32.8 Å². The number of aryl methyl sites for hydroxylation is 2. The van der Waals surface area contributed by atoms with E-state index in [1.54, 1.807) is 16.8 Å². The number of hydrogen-bond donors (Lipinski definition) is 1. The zero-order valence-corrected chi connectivity index (χ0v) is 13.7. The first-order chi connectivity index (χ1) is 11.6. The van der Waals surface area contributed by atoms with E-state index >= 15 is 0 Å². The summed E-state index contributed by atoms with van der Waals surface area (Å²) in [7, 11) is 0. The molecule has 1 fully saturated rings. The quantitative estimate of drug-likeness (QED) is 0.798. The number of carbonyl (C=O) groups excluding carboxylic acids is 1. The Labute approximate surface area is 138 Å². The largest absolute Gasteiger partial charge is 0.304 e. The number of aromatic nitrogens is 6. The van der Waals surface area contributed by atoms with Crippen molar-refractivity contribution in [2.75, 3.05) is 5.32 Å². The lowest BCUT2D eigenvalue weighted by Gasteiger charge is -2.13. The summed E-state index contributed by atoms with van der Waals surface area (Å²) in [4.78, 5) is 21.1. The smallest absolute Gasteiger partial charge is 0.296 e. The third-order valence-corrected chi connectivity index (χ3v) is 4.40. The number of anilines is 1. The molecular weight excluding hydrogens is 306 g/mol. The van der Waals surface area contributed by atoms with Crippen LogP contribution in [0.4, 0.5) is 5.82 Å². The first kappa shape index (κ1) is 14.8. The molecule has 0 unspecified atom stereocenters. The molecule has 24 heavy (non-hydrogen) atoms. The van der Waals surface area contributed by atoms with Crippen LogP contribution < -0.4 is 5.32 Å². The molecule has 1 aliphatic rings. The molecule has 3 aromatic heterocycles. The molecule has 3 heterocycles. The van der Waals surface area contributed by atoms with Gasteiger partial charge < -0.3 is 5.32 Å². The molecule has 8 nitrogen and oxygen atoms in total. The van der Waals surface area contributed by atoms with Gasteiger partial charge in [0.15, 0.2) is 0 Å². The van der Waals surface area contributed by atoms with Gasteiger partial charge in [-0.25, -0.2) is 14.2 Å². The average Bonchev–Trinajstić information content (AvgIpc) is 3.26. The van der Waals surface area contributed by atoms with E-state index in [9.17, 15) is 4.79 Å². The molecule has 0 atom stereocenters. The Bertz CT molecular complexity index is 904. The molecule has 0 aliphatic heterocycles. The second-order valence-electron chi connectivity index (χ2n) is 6.24. The van der Waals surface area contributed by atoms with Crippen molar-refractivity contribution in [3.63, 3.8) is 0 Å². The molecular formula is C16H19N7O. The fraction of sp³-hybridized carbons (Fsp3) is 0.438. The molecule has 1 amide bonds. The van der Waals surface area contributed by atoms with Gasteiger partial charge in [0.05, 0.1) is 12.2 Å². The van der Waals surface area contributed by atoms with E-state index in [1.165, 1.54) is 12.8 Å². The van der Waals surface area contributed by atoms with Crippen LogP contribution in [0.2, 0.25) is 0 Å². The molecule has 0 bridgehead atoms. The summed E-state index contributed by atoms with van der Waals surface area (Å²) < 4.78 is 3.48. The van der Waals surface area contributed by atoms with Crippen molar-refractivity contribution >= 4 is 17.5 Å². The van der Waals surface area contributed by atoms with Crippen molar-refractivity contribution in [2.45, 2.75) is 45.6 Å². The minimum atomic E-state index is -0.350. The molecule has 4 rings (SSSR count). The lowest BCUT2D eigenvalue weighted by molar-refractivity contribution is 0.101. The van der Waals surface area contributed by atoms with Crippen LogP contribution in [0.15, 0.2) is 18.3 Å². The van der Waals surface area contributed by atoms with Gasteiger partial charge in [0.25, 0.3) is 11.7 Å². The van der Waals surface area contributed by atoms with Gasteiger partial charge in [-0.15, -0.1) is 5.10 Å². The lowest BCUT2D eigenvalue weighted by atomic mass is 10.2. The SMILES string of the molecule is Cc1cc(C)n2nc(C(=O)Nc3ccnn3C3CCCC3)nc2n1. The van der Waals surface area contributed by atoms with Crippen molar-refractivity contribution in [3.8, 4) is 0 Å². The number of hydrogen-bond acceptors (Lipinski definition) is 5. The van der Waals surface area contributed by atoms with Crippen molar-refractivity contribution < 1.29 is 4.79 Å². The van der Waals surface area contributed by atoms with Crippen LogP contribution in [0.5, 0.6) is 0 Å².